The molecule has 0 radical (unpaired) electrons. The number of carbonyl (C=O) groups excluding carboxylic acids is 1. The van der Waals surface area contributed by atoms with Crippen molar-refractivity contribution in [2.24, 2.45) is 5.10 Å². The summed E-state index contributed by atoms with van der Waals surface area (Å²) in [5.74, 6) is -0.340. The van der Waals surface area contributed by atoms with Crippen LogP contribution in [0, 0.1) is 17.0 Å². The SMILES string of the molecule is Cc1csc(N/N=C\c2ccc(OC(=O)c3cccc([N+](=O)[O-])c3)cc2)n1. The molecule has 0 aliphatic rings. The summed E-state index contributed by atoms with van der Waals surface area (Å²) in [4.78, 5) is 26.6. The van der Waals surface area contributed by atoms with E-state index in [-0.39, 0.29) is 11.3 Å². The van der Waals surface area contributed by atoms with E-state index >= 15 is 0 Å². The zero-order valence-electron chi connectivity index (χ0n) is 14.2. The van der Waals surface area contributed by atoms with Gasteiger partial charge in [0.05, 0.1) is 22.4 Å². The van der Waals surface area contributed by atoms with Crippen LogP contribution in [0.5, 0.6) is 5.75 Å². The van der Waals surface area contributed by atoms with Crippen LogP contribution >= 0.6 is 11.3 Å². The number of non-ortho nitro benzene ring substituents is 1. The lowest BCUT2D eigenvalue weighted by Crippen LogP contribution is -2.08. The number of carbonyl (C=O) groups is 1. The van der Waals surface area contributed by atoms with Crippen molar-refractivity contribution in [3.63, 3.8) is 0 Å². The van der Waals surface area contributed by atoms with E-state index in [1.807, 2.05) is 12.3 Å². The first-order chi connectivity index (χ1) is 13.0. The third kappa shape index (κ3) is 4.95. The van der Waals surface area contributed by atoms with Crippen LogP contribution in [0.2, 0.25) is 0 Å². The van der Waals surface area contributed by atoms with Gasteiger partial charge in [0, 0.05) is 17.5 Å². The summed E-state index contributed by atoms with van der Waals surface area (Å²) in [7, 11) is 0. The van der Waals surface area contributed by atoms with E-state index in [4.69, 9.17) is 4.74 Å². The number of aryl methyl sites for hydroxylation is 1. The first-order valence-corrected chi connectivity index (χ1v) is 8.67. The fraction of sp³-hybridized carbons (Fsp3) is 0.0556. The molecule has 0 spiro atoms. The Morgan fingerprint density at radius 3 is 2.74 bits per heavy atom. The van der Waals surface area contributed by atoms with Gasteiger partial charge in [-0.1, -0.05) is 6.07 Å². The van der Waals surface area contributed by atoms with Gasteiger partial charge in [-0.05, 0) is 42.8 Å². The molecule has 3 rings (SSSR count). The Labute approximate surface area is 158 Å². The maximum atomic E-state index is 12.1. The maximum Gasteiger partial charge on any atom is 0.343 e. The van der Waals surface area contributed by atoms with Crippen LogP contribution < -0.4 is 10.2 Å². The predicted molar refractivity (Wildman–Crippen MR) is 103 cm³/mol. The molecule has 9 heteroatoms. The minimum Gasteiger partial charge on any atom is -0.423 e. The highest BCUT2D eigenvalue weighted by Gasteiger charge is 2.13. The van der Waals surface area contributed by atoms with Crippen LogP contribution in [-0.4, -0.2) is 22.1 Å². The number of aromatic nitrogens is 1. The number of hydrazone groups is 1. The number of hydrogen-bond acceptors (Lipinski definition) is 8. The third-order valence-corrected chi connectivity index (χ3v) is 4.24. The van der Waals surface area contributed by atoms with E-state index in [9.17, 15) is 14.9 Å². The van der Waals surface area contributed by atoms with Crippen molar-refractivity contribution in [2.75, 3.05) is 5.43 Å². The summed E-state index contributed by atoms with van der Waals surface area (Å²) in [6.07, 6.45) is 1.61. The fourth-order valence-corrected chi connectivity index (χ4v) is 2.74. The van der Waals surface area contributed by atoms with Gasteiger partial charge in [-0.25, -0.2) is 9.78 Å². The average molecular weight is 382 g/mol. The maximum absolute atomic E-state index is 12.1. The molecule has 0 saturated heterocycles. The highest BCUT2D eigenvalue weighted by atomic mass is 32.1. The molecule has 27 heavy (non-hydrogen) atoms. The molecule has 0 atom stereocenters. The minimum absolute atomic E-state index is 0.109. The molecule has 0 aliphatic carbocycles. The fourth-order valence-electron chi connectivity index (χ4n) is 2.10. The number of rotatable bonds is 6. The monoisotopic (exact) mass is 382 g/mol. The summed E-state index contributed by atoms with van der Waals surface area (Å²) in [6.45, 7) is 1.90. The second-order valence-electron chi connectivity index (χ2n) is 5.43. The van der Waals surface area contributed by atoms with Crippen LogP contribution in [-0.2, 0) is 0 Å². The number of thiazole rings is 1. The first kappa shape index (κ1) is 18.2. The van der Waals surface area contributed by atoms with Gasteiger partial charge in [-0.15, -0.1) is 11.3 Å². The zero-order chi connectivity index (χ0) is 19.2. The number of nitrogens with one attached hydrogen (secondary N) is 1. The number of nitro groups is 1. The van der Waals surface area contributed by atoms with Crippen molar-refractivity contribution in [1.29, 1.82) is 0 Å². The van der Waals surface area contributed by atoms with Gasteiger partial charge in [-0.3, -0.25) is 15.5 Å². The minimum atomic E-state index is -0.666. The molecular formula is C18H14N4O4S. The molecule has 0 saturated carbocycles. The molecule has 2 aromatic carbocycles. The van der Waals surface area contributed by atoms with Gasteiger partial charge in [0.2, 0.25) is 5.13 Å². The van der Waals surface area contributed by atoms with Crippen molar-refractivity contribution in [3.8, 4) is 5.75 Å². The summed E-state index contributed by atoms with van der Waals surface area (Å²) in [6, 6.07) is 12.1. The molecule has 8 nitrogen and oxygen atoms in total. The molecule has 0 fully saturated rings. The lowest BCUT2D eigenvalue weighted by molar-refractivity contribution is -0.384. The standard InChI is InChI=1S/C18H14N4O4S/c1-12-11-27-18(20-12)21-19-10-13-5-7-16(8-6-13)26-17(23)14-3-2-4-15(9-14)22(24)25/h2-11H,1H3,(H,20,21)/b19-10-. The largest absolute Gasteiger partial charge is 0.423 e. The van der Waals surface area contributed by atoms with Crippen LogP contribution in [0.25, 0.3) is 0 Å². The number of esters is 1. The third-order valence-electron chi connectivity index (χ3n) is 3.38. The van der Waals surface area contributed by atoms with Crippen molar-refractivity contribution >= 4 is 34.3 Å². The van der Waals surface area contributed by atoms with Crippen LogP contribution in [0.15, 0.2) is 59.0 Å². The van der Waals surface area contributed by atoms with Crippen molar-refractivity contribution < 1.29 is 14.5 Å². The summed E-state index contributed by atoms with van der Waals surface area (Å²) < 4.78 is 5.24. The van der Waals surface area contributed by atoms with Crippen molar-refractivity contribution in [2.45, 2.75) is 6.92 Å². The molecule has 0 unspecified atom stereocenters. The summed E-state index contributed by atoms with van der Waals surface area (Å²) in [5.41, 5.74) is 4.50. The molecular weight excluding hydrogens is 368 g/mol. The Balaban J connectivity index is 1.61. The summed E-state index contributed by atoms with van der Waals surface area (Å²) >= 11 is 1.46. The summed E-state index contributed by atoms with van der Waals surface area (Å²) in [5, 5.41) is 17.5. The lowest BCUT2D eigenvalue weighted by atomic mass is 10.2. The van der Waals surface area contributed by atoms with E-state index in [1.54, 1.807) is 30.5 Å². The highest BCUT2D eigenvalue weighted by Crippen LogP contribution is 2.17. The average Bonchev–Trinajstić information content (AvgIpc) is 3.08. The van der Waals surface area contributed by atoms with E-state index in [2.05, 4.69) is 15.5 Å². The van der Waals surface area contributed by atoms with E-state index in [0.717, 1.165) is 11.3 Å². The Hall–Kier alpha value is -3.59. The van der Waals surface area contributed by atoms with Gasteiger partial charge in [0.1, 0.15) is 5.75 Å². The van der Waals surface area contributed by atoms with Crippen LogP contribution in [0.1, 0.15) is 21.6 Å². The van der Waals surface area contributed by atoms with Crippen molar-refractivity contribution in [1.82, 2.24) is 4.98 Å². The molecule has 136 valence electrons. The molecule has 3 aromatic rings. The topological polar surface area (TPSA) is 107 Å². The van der Waals surface area contributed by atoms with Gasteiger partial charge in [-0.2, -0.15) is 5.10 Å². The zero-order valence-corrected chi connectivity index (χ0v) is 15.0. The number of nitro benzene ring substituents is 1. The number of benzene rings is 2. The smallest absolute Gasteiger partial charge is 0.343 e. The molecule has 0 bridgehead atoms. The second kappa shape index (κ2) is 8.19. The molecule has 1 heterocycles. The second-order valence-corrected chi connectivity index (χ2v) is 6.29. The number of nitrogens with zero attached hydrogens (tertiary/aromatic N) is 3. The van der Waals surface area contributed by atoms with Crippen LogP contribution in [0.3, 0.4) is 0 Å². The lowest BCUT2D eigenvalue weighted by Gasteiger charge is -2.04. The normalized spacial score (nSPS) is 10.7. The molecule has 1 N–H and O–H groups in total. The van der Waals surface area contributed by atoms with Gasteiger partial charge in [0.25, 0.3) is 5.69 Å². The number of hydrogen-bond donors (Lipinski definition) is 1. The van der Waals surface area contributed by atoms with E-state index in [1.165, 1.54) is 35.6 Å². The highest BCUT2D eigenvalue weighted by molar-refractivity contribution is 7.13. The van der Waals surface area contributed by atoms with Crippen molar-refractivity contribution in [3.05, 3.63) is 80.8 Å². The Morgan fingerprint density at radius 2 is 2.07 bits per heavy atom. The quantitative estimate of drug-likeness (QED) is 0.227. The van der Waals surface area contributed by atoms with Crippen LogP contribution in [0.4, 0.5) is 10.8 Å². The Morgan fingerprint density at radius 1 is 1.30 bits per heavy atom. The number of ether oxygens (including phenoxy) is 1. The Kier molecular flexibility index (Phi) is 5.53. The van der Waals surface area contributed by atoms with E-state index in [0.29, 0.717) is 10.9 Å². The van der Waals surface area contributed by atoms with E-state index < -0.39 is 10.9 Å². The molecule has 0 amide bonds. The predicted octanol–water partition coefficient (Wildman–Crippen LogP) is 4.02. The van der Waals surface area contributed by atoms with Gasteiger partial charge >= 0.3 is 5.97 Å². The Bertz CT molecular complexity index is 999. The molecule has 1 aromatic heterocycles. The number of anilines is 1. The van der Waals surface area contributed by atoms with Gasteiger partial charge in [0.15, 0.2) is 0 Å². The first-order valence-electron chi connectivity index (χ1n) is 7.79. The molecule has 0 aliphatic heterocycles. The van der Waals surface area contributed by atoms with Gasteiger partial charge < -0.3 is 4.74 Å².